The van der Waals surface area contributed by atoms with E-state index < -0.39 is 0 Å². The summed E-state index contributed by atoms with van der Waals surface area (Å²) in [5, 5.41) is 3.70. The normalized spacial score (nSPS) is 27.3. The van der Waals surface area contributed by atoms with Gasteiger partial charge in [-0.3, -0.25) is 0 Å². The summed E-state index contributed by atoms with van der Waals surface area (Å²) >= 11 is 0. The molecule has 1 aliphatic carbocycles. The van der Waals surface area contributed by atoms with Crippen LogP contribution in [0.4, 0.5) is 5.69 Å². The number of rotatable bonds is 4. The molecule has 0 heterocycles. The van der Waals surface area contributed by atoms with Crippen molar-refractivity contribution in [2.45, 2.75) is 59.1 Å². The molecule has 0 saturated heterocycles. The zero-order chi connectivity index (χ0) is 13.8. The number of hydrogen-bond acceptors (Lipinski definition) is 2. The van der Waals surface area contributed by atoms with Crippen LogP contribution in [0.15, 0.2) is 24.3 Å². The lowest BCUT2D eigenvalue weighted by Gasteiger charge is -2.34. The van der Waals surface area contributed by atoms with E-state index in [0.29, 0.717) is 6.04 Å². The Labute approximate surface area is 117 Å². The van der Waals surface area contributed by atoms with Crippen molar-refractivity contribution in [3.63, 3.8) is 0 Å². The van der Waals surface area contributed by atoms with Crippen molar-refractivity contribution in [3.05, 3.63) is 24.3 Å². The summed E-state index contributed by atoms with van der Waals surface area (Å²) in [4.78, 5) is 0. The van der Waals surface area contributed by atoms with Gasteiger partial charge in [0.1, 0.15) is 5.75 Å². The Morgan fingerprint density at radius 2 is 1.89 bits per heavy atom. The third-order valence-electron chi connectivity index (χ3n) is 4.02. The highest BCUT2D eigenvalue weighted by atomic mass is 16.5. The molecule has 0 radical (unpaired) electrons. The summed E-state index contributed by atoms with van der Waals surface area (Å²) in [7, 11) is 0. The van der Waals surface area contributed by atoms with Gasteiger partial charge in [-0.1, -0.05) is 26.0 Å². The molecule has 0 bridgehead atoms. The molecule has 0 aromatic heterocycles. The van der Waals surface area contributed by atoms with Crippen molar-refractivity contribution < 1.29 is 4.74 Å². The van der Waals surface area contributed by atoms with E-state index in [1.54, 1.807) is 0 Å². The van der Waals surface area contributed by atoms with Crippen LogP contribution in [0.5, 0.6) is 5.75 Å². The first-order chi connectivity index (χ1) is 9.06. The maximum Gasteiger partial charge on any atom is 0.142 e. The number of para-hydroxylation sites is 2. The molecule has 0 spiro atoms. The van der Waals surface area contributed by atoms with Crippen molar-refractivity contribution in [2.24, 2.45) is 11.8 Å². The number of anilines is 1. The number of nitrogens with one attached hydrogen (secondary N) is 1. The second kappa shape index (κ2) is 6.31. The maximum absolute atomic E-state index is 5.88. The fourth-order valence-corrected chi connectivity index (χ4v) is 3.02. The summed E-state index contributed by atoms with van der Waals surface area (Å²) in [6.07, 6.45) is 4.13. The predicted molar refractivity (Wildman–Crippen MR) is 81.8 cm³/mol. The van der Waals surface area contributed by atoms with Crippen molar-refractivity contribution in [2.75, 3.05) is 5.32 Å². The van der Waals surface area contributed by atoms with E-state index in [0.717, 1.165) is 23.3 Å². The average molecular weight is 261 g/mol. The van der Waals surface area contributed by atoms with Crippen LogP contribution in [0.25, 0.3) is 0 Å². The van der Waals surface area contributed by atoms with Gasteiger partial charge in [-0.2, -0.15) is 0 Å². The fourth-order valence-electron chi connectivity index (χ4n) is 3.02. The molecule has 3 unspecified atom stereocenters. The first kappa shape index (κ1) is 14.2. The van der Waals surface area contributed by atoms with Crippen LogP contribution in [-0.2, 0) is 0 Å². The number of hydrogen-bond donors (Lipinski definition) is 1. The Morgan fingerprint density at radius 1 is 1.16 bits per heavy atom. The van der Waals surface area contributed by atoms with E-state index in [1.807, 2.05) is 6.07 Å². The monoisotopic (exact) mass is 261 g/mol. The van der Waals surface area contributed by atoms with Crippen LogP contribution >= 0.6 is 0 Å². The van der Waals surface area contributed by atoms with Crippen molar-refractivity contribution in [3.8, 4) is 5.75 Å². The Balaban J connectivity index is 2.06. The summed E-state index contributed by atoms with van der Waals surface area (Å²) < 4.78 is 5.88. The van der Waals surface area contributed by atoms with Gasteiger partial charge in [-0.15, -0.1) is 0 Å². The molecule has 1 saturated carbocycles. The Bertz CT molecular complexity index is 402. The van der Waals surface area contributed by atoms with Crippen LogP contribution < -0.4 is 10.1 Å². The number of benzene rings is 1. The van der Waals surface area contributed by atoms with E-state index in [4.69, 9.17) is 4.74 Å². The van der Waals surface area contributed by atoms with Crippen LogP contribution in [-0.4, -0.2) is 12.1 Å². The topological polar surface area (TPSA) is 21.3 Å². The van der Waals surface area contributed by atoms with Gasteiger partial charge in [0, 0.05) is 6.04 Å². The standard InChI is InChI=1S/C17H27NO/c1-12(2)19-17-8-6-5-7-16(17)18-15-10-9-13(3)11-14(15)4/h5-8,12-15,18H,9-11H2,1-4H3. The molecular weight excluding hydrogens is 234 g/mol. The van der Waals surface area contributed by atoms with E-state index >= 15 is 0 Å². The molecule has 106 valence electrons. The molecule has 1 N–H and O–H groups in total. The van der Waals surface area contributed by atoms with Gasteiger partial charge in [-0.05, 0) is 57.1 Å². The third-order valence-corrected chi connectivity index (χ3v) is 4.02. The molecule has 1 aromatic carbocycles. The SMILES string of the molecule is CC1CCC(Nc2ccccc2OC(C)C)C(C)C1. The van der Waals surface area contributed by atoms with E-state index in [2.05, 4.69) is 51.2 Å². The quantitative estimate of drug-likeness (QED) is 0.847. The summed E-state index contributed by atoms with van der Waals surface area (Å²) in [5.41, 5.74) is 1.14. The van der Waals surface area contributed by atoms with E-state index in [1.165, 1.54) is 19.3 Å². The highest BCUT2D eigenvalue weighted by Gasteiger charge is 2.25. The Hall–Kier alpha value is -1.18. The molecule has 3 atom stereocenters. The molecule has 2 rings (SSSR count). The molecule has 2 nitrogen and oxygen atoms in total. The maximum atomic E-state index is 5.88. The predicted octanol–water partition coefficient (Wildman–Crippen LogP) is 4.71. The highest BCUT2D eigenvalue weighted by Crippen LogP contribution is 2.33. The largest absolute Gasteiger partial charge is 0.489 e. The summed E-state index contributed by atoms with van der Waals surface area (Å²) in [6, 6.07) is 8.87. The van der Waals surface area contributed by atoms with Crippen molar-refractivity contribution in [1.82, 2.24) is 0 Å². The van der Waals surface area contributed by atoms with Crippen LogP contribution in [0.2, 0.25) is 0 Å². The zero-order valence-corrected chi connectivity index (χ0v) is 12.6. The molecule has 19 heavy (non-hydrogen) atoms. The van der Waals surface area contributed by atoms with Gasteiger partial charge in [0.15, 0.2) is 0 Å². The van der Waals surface area contributed by atoms with Gasteiger partial charge in [0.25, 0.3) is 0 Å². The molecule has 2 heteroatoms. The third kappa shape index (κ3) is 3.89. The van der Waals surface area contributed by atoms with Crippen LogP contribution in [0, 0.1) is 11.8 Å². The van der Waals surface area contributed by atoms with E-state index in [-0.39, 0.29) is 6.10 Å². The lowest BCUT2D eigenvalue weighted by molar-refractivity contribution is 0.241. The average Bonchev–Trinajstić information content (AvgIpc) is 2.34. The smallest absolute Gasteiger partial charge is 0.142 e. The number of ether oxygens (including phenoxy) is 1. The highest BCUT2D eigenvalue weighted by molar-refractivity contribution is 5.57. The summed E-state index contributed by atoms with van der Waals surface area (Å²) in [6.45, 7) is 8.87. The Morgan fingerprint density at radius 3 is 2.58 bits per heavy atom. The Kier molecular flexibility index (Phi) is 4.73. The van der Waals surface area contributed by atoms with Gasteiger partial charge < -0.3 is 10.1 Å². The van der Waals surface area contributed by atoms with Gasteiger partial charge >= 0.3 is 0 Å². The lowest BCUT2D eigenvalue weighted by atomic mass is 9.80. The molecule has 1 fully saturated rings. The molecule has 0 aliphatic heterocycles. The minimum atomic E-state index is 0.215. The van der Waals surface area contributed by atoms with Crippen molar-refractivity contribution in [1.29, 1.82) is 0 Å². The first-order valence-electron chi connectivity index (χ1n) is 7.58. The second-order valence-corrected chi connectivity index (χ2v) is 6.31. The van der Waals surface area contributed by atoms with Crippen LogP contribution in [0.3, 0.4) is 0 Å². The lowest BCUT2D eigenvalue weighted by Crippen LogP contribution is -2.33. The first-order valence-corrected chi connectivity index (χ1v) is 7.58. The molecule has 1 aliphatic rings. The summed E-state index contributed by atoms with van der Waals surface area (Å²) in [5.74, 6) is 2.58. The van der Waals surface area contributed by atoms with Gasteiger partial charge in [-0.25, -0.2) is 0 Å². The molecule has 1 aromatic rings. The molecule has 0 amide bonds. The van der Waals surface area contributed by atoms with Gasteiger partial charge in [0.2, 0.25) is 0 Å². The van der Waals surface area contributed by atoms with Crippen molar-refractivity contribution >= 4 is 5.69 Å². The minimum absolute atomic E-state index is 0.215. The minimum Gasteiger partial charge on any atom is -0.489 e. The molecular formula is C17H27NO. The zero-order valence-electron chi connectivity index (χ0n) is 12.6. The van der Waals surface area contributed by atoms with E-state index in [9.17, 15) is 0 Å². The fraction of sp³-hybridized carbons (Fsp3) is 0.647. The van der Waals surface area contributed by atoms with Gasteiger partial charge in [0.05, 0.1) is 11.8 Å². The van der Waals surface area contributed by atoms with Crippen LogP contribution in [0.1, 0.15) is 47.0 Å². The second-order valence-electron chi connectivity index (χ2n) is 6.31.